The first-order chi connectivity index (χ1) is 12.3. The van der Waals surface area contributed by atoms with Gasteiger partial charge in [0.1, 0.15) is 11.8 Å². The number of amides is 1. The first-order valence-corrected chi connectivity index (χ1v) is 8.14. The Morgan fingerprint density at radius 3 is 2.23 bits per heavy atom. The van der Waals surface area contributed by atoms with Gasteiger partial charge in [-0.25, -0.2) is 4.79 Å². The summed E-state index contributed by atoms with van der Waals surface area (Å²) in [5.41, 5.74) is 3.31. The number of carbonyl (C=O) groups is 3. The van der Waals surface area contributed by atoms with E-state index in [1.54, 1.807) is 0 Å². The minimum absolute atomic E-state index is 0.188. The molecule has 136 valence electrons. The van der Waals surface area contributed by atoms with Crippen LogP contribution in [0.4, 0.5) is 0 Å². The molecule has 2 rings (SSSR count). The third-order valence-electron chi connectivity index (χ3n) is 3.99. The summed E-state index contributed by atoms with van der Waals surface area (Å²) in [5, 5.41) is 12.0. The molecule has 0 spiro atoms. The van der Waals surface area contributed by atoms with Crippen molar-refractivity contribution in [3.8, 4) is 5.75 Å². The first-order valence-electron chi connectivity index (χ1n) is 8.14. The molecule has 0 heterocycles. The number of ether oxygens (including phenoxy) is 1. The Morgan fingerprint density at radius 2 is 1.69 bits per heavy atom. The topological polar surface area (TPSA) is 92.7 Å². The van der Waals surface area contributed by atoms with E-state index < -0.39 is 23.9 Å². The summed E-state index contributed by atoms with van der Waals surface area (Å²) in [6, 6.07) is 10.6. The van der Waals surface area contributed by atoms with Crippen molar-refractivity contribution in [3.05, 3.63) is 64.7 Å². The predicted molar refractivity (Wildman–Crippen MR) is 96.3 cm³/mol. The maximum absolute atomic E-state index is 12.3. The van der Waals surface area contributed by atoms with Crippen LogP contribution in [-0.2, 0) is 16.0 Å². The maximum Gasteiger partial charge on any atom is 0.326 e. The molecule has 2 N–H and O–H groups in total. The number of rotatable bonds is 6. The molecule has 0 bridgehead atoms. The van der Waals surface area contributed by atoms with Crippen molar-refractivity contribution in [3.63, 3.8) is 0 Å². The van der Waals surface area contributed by atoms with Crippen molar-refractivity contribution in [2.45, 2.75) is 33.2 Å². The quantitative estimate of drug-likeness (QED) is 0.614. The van der Waals surface area contributed by atoms with Gasteiger partial charge in [0.15, 0.2) is 0 Å². The van der Waals surface area contributed by atoms with Gasteiger partial charge < -0.3 is 15.2 Å². The molecule has 0 aliphatic carbocycles. The zero-order valence-electron chi connectivity index (χ0n) is 14.9. The SMILES string of the molecule is CC(=O)Oc1ccc(C(=O)N[C@@H](Cc2ccc(C)c(C)c2)C(=O)O)cc1. The number of esters is 1. The smallest absolute Gasteiger partial charge is 0.326 e. The molecule has 2 aromatic carbocycles. The van der Waals surface area contributed by atoms with Crippen LogP contribution in [0.3, 0.4) is 0 Å². The summed E-state index contributed by atoms with van der Waals surface area (Å²) in [6.45, 7) is 5.22. The fraction of sp³-hybridized carbons (Fsp3) is 0.250. The number of carboxylic acids is 1. The van der Waals surface area contributed by atoms with Crippen LogP contribution >= 0.6 is 0 Å². The number of benzene rings is 2. The molecule has 0 aliphatic rings. The van der Waals surface area contributed by atoms with Crippen LogP contribution in [0.15, 0.2) is 42.5 Å². The second-order valence-electron chi connectivity index (χ2n) is 6.11. The van der Waals surface area contributed by atoms with Crippen LogP contribution in [0.25, 0.3) is 0 Å². The lowest BCUT2D eigenvalue weighted by atomic mass is 10.0. The Morgan fingerprint density at radius 1 is 1.04 bits per heavy atom. The Hall–Kier alpha value is -3.15. The van der Waals surface area contributed by atoms with Gasteiger partial charge in [0.05, 0.1) is 0 Å². The number of carbonyl (C=O) groups excluding carboxylic acids is 2. The molecule has 6 nitrogen and oxygen atoms in total. The van der Waals surface area contributed by atoms with E-state index in [4.69, 9.17) is 4.74 Å². The Bertz CT molecular complexity index is 827. The predicted octanol–water partition coefficient (Wildman–Crippen LogP) is 2.65. The van der Waals surface area contributed by atoms with Gasteiger partial charge in [-0.2, -0.15) is 0 Å². The highest BCUT2D eigenvalue weighted by Crippen LogP contribution is 2.14. The fourth-order valence-electron chi connectivity index (χ4n) is 2.45. The number of hydrogen-bond donors (Lipinski definition) is 2. The summed E-state index contributed by atoms with van der Waals surface area (Å²) < 4.78 is 4.90. The van der Waals surface area contributed by atoms with Crippen molar-refractivity contribution < 1.29 is 24.2 Å². The van der Waals surface area contributed by atoms with E-state index in [0.29, 0.717) is 5.75 Å². The Balaban J connectivity index is 2.08. The van der Waals surface area contributed by atoms with E-state index in [2.05, 4.69) is 5.32 Å². The fourth-order valence-corrected chi connectivity index (χ4v) is 2.45. The van der Waals surface area contributed by atoms with Crippen molar-refractivity contribution in [1.82, 2.24) is 5.32 Å². The average molecular weight is 355 g/mol. The molecule has 0 fully saturated rings. The molecular weight excluding hydrogens is 334 g/mol. The van der Waals surface area contributed by atoms with Gasteiger partial charge in [0.2, 0.25) is 0 Å². The van der Waals surface area contributed by atoms with E-state index in [1.165, 1.54) is 31.2 Å². The van der Waals surface area contributed by atoms with E-state index in [0.717, 1.165) is 16.7 Å². The number of carboxylic acid groups (broad SMARTS) is 1. The maximum atomic E-state index is 12.3. The number of nitrogens with one attached hydrogen (secondary N) is 1. The van der Waals surface area contributed by atoms with E-state index in [1.807, 2.05) is 32.0 Å². The van der Waals surface area contributed by atoms with Gasteiger partial charge in [-0.1, -0.05) is 18.2 Å². The molecule has 0 aromatic heterocycles. The van der Waals surface area contributed by atoms with Crippen molar-refractivity contribution in [1.29, 1.82) is 0 Å². The van der Waals surface area contributed by atoms with E-state index >= 15 is 0 Å². The zero-order valence-corrected chi connectivity index (χ0v) is 14.9. The van der Waals surface area contributed by atoms with Crippen molar-refractivity contribution in [2.24, 2.45) is 0 Å². The van der Waals surface area contributed by atoms with Crippen LogP contribution in [0.5, 0.6) is 5.75 Å². The molecule has 6 heteroatoms. The Labute approximate surface area is 151 Å². The van der Waals surface area contributed by atoms with Gasteiger partial charge in [0.25, 0.3) is 5.91 Å². The third kappa shape index (κ3) is 5.17. The van der Waals surface area contributed by atoms with Crippen LogP contribution < -0.4 is 10.1 Å². The number of aryl methyl sites for hydroxylation is 2. The highest BCUT2D eigenvalue weighted by atomic mass is 16.5. The molecule has 1 atom stereocenters. The minimum atomic E-state index is -1.10. The van der Waals surface area contributed by atoms with Gasteiger partial charge >= 0.3 is 11.9 Å². The van der Waals surface area contributed by atoms with E-state index in [9.17, 15) is 19.5 Å². The monoisotopic (exact) mass is 355 g/mol. The highest BCUT2D eigenvalue weighted by Gasteiger charge is 2.21. The van der Waals surface area contributed by atoms with Crippen molar-refractivity contribution >= 4 is 17.8 Å². The zero-order chi connectivity index (χ0) is 19.3. The normalized spacial score (nSPS) is 11.5. The molecule has 26 heavy (non-hydrogen) atoms. The Kier molecular flexibility index (Phi) is 6.11. The van der Waals surface area contributed by atoms with Crippen LogP contribution in [-0.4, -0.2) is 29.0 Å². The molecule has 0 unspecified atom stereocenters. The van der Waals surface area contributed by atoms with Crippen LogP contribution in [0.1, 0.15) is 34.0 Å². The van der Waals surface area contributed by atoms with Crippen LogP contribution in [0.2, 0.25) is 0 Å². The average Bonchev–Trinajstić information content (AvgIpc) is 2.57. The lowest BCUT2D eigenvalue weighted by Gasteiger charge is -2.15. The number of hydrogen-bond acceptors (Lipinski definition) is 4. The van der Waals surface area contributed by atoms with Crippen LogP contribution in [0, 0.1) is 13.8 Å². The standard InChI is InChI=1S/C20H21NO5/c1-12-4-5-15(10-13(12)2)11-18(20(24)25)21-19(23)16-6-8-17(9-7-16)26-14(3)22/h4-10,18H,11H2,1-3H3,(H,21,23)(H,24,25)/t18-/m0/s1. The van der Waals surface area contributed by atoms with E-state index in [-0.39, 0.29) is 12.0 Å². The number of aliphatic carboxylic acids is 1. The van der Waals surface area contributed by atoms with Gasteiger partial charge in [-0.15, -0.1) is 0 Å². The lowest BCUT2D eigenvalue weighted by Crippen LogP contribution is -2.42. The van der Waals surface area contributed by atoms with Gasteiger partial charge in [0, 0.05) is 18.9 Å². The molecule has 2 aromatic rings. The summed E-state index contributed by atoms with van der Waals surface area (Å²) in [7, 11) is 0. The molecule has 0 saturated heterocycles. The summed E-state index contributed by atoms with van der Waals surface area (Å²) in [4.78, 5) is 34.8. The van der Waals surface area contributed by atoms with Gasteiger partial charge in [-0.05, 0) is 54.8 Å². The molecule has 0 aliphatic heterocycles. The molecule has 0 saturated carbocycles. The summed E-state index contributed by atoms with van der Waals surface area (Å²) in [5.74, 6) is -1.75. The van der Waals surface area contributed by atoms with Gasteiger partial charge in [-0.3, -0.25) is 9.59 Å². The molecule has 0 radical (unpaired) electrons. The molecule has 1 amide bonds. The minimum Gasteiger partial charge on any atom is -0.480 e. The highest BCUT2D eigenvalue weighted by molar-refractivity contribution is 5.96. The lowest BCUT2D eigenvalue weighted by molar-refractivity contribution is -0.139. The summed E-state index contributed by atoms with van der Waals surface area (Å²) in [6.07, 6.45) is 0.188. The molecular formula is C20H21NO5. The third-order valence-corrected chi connectivity index (χ3v) is 3.99. The second-order valence-corrected chi connectivity index (χ2v) is 6.11. The summed E-state index contributed by atoms with van der Waals surface area (Å²) >= 11 is 0. The first kappa shape index (κ1) is 19.2. The largest absolute Gasteiger partial charge is 0.480 e. The van der Waals surface area contributed by atoms with Crippen molar-refractivity contribution in [2.75, 3.05) is 0 Å². The second kappa shape index (κ2) is 8.29.